The van der Waals surface area contributed by atoms with E-state index < -0.39 is 23.8 Å². The Bertz CT molecular complexity index is 1050. The largest absolute Gasteiger partial charge is 0.458 e. The lowest BCUT2D eigenvalue weighted by Crippen LogP contribution is -2.43. The number of hydrogen-bond acceptors (Lipinski definition) is 5. The molecule has 0 radical (unpaired) electrons. The van der Waals surface area contributed by atoms with E-state index in [0.29, 0.717) is 16.8 Å². The Morgan fingerprint density at radius 1 is 1.11 bits per heavy atom. The summed E-state index contributed by atoms with van der Waals surface area (Å²) in [5, 5.41) is 0. The zero-order valence-electron chi connectivity index (χ0n) is 14.9. The van der Waals surface area contributed by atoms with E-state index in [1.807, 2.05) is 29.7 Å². The van der Waals surface area contributed by atoms with E-state index in [2.05, 4.69) is 4.98 Å². The first-order chi connectivity index (χ1) is 13.0. The molecule has 0 bridgehead atoms. The second kappa shape index (κ2) is 6.35. The van der Waals surface area contributed by atoms with Crippen molar-refractivity contribution in [1.29, 1.82) is 0 Å². The van der Waals surface area contributed by atoms with Crippen LogP contribution in [0.2, 0.25) is 0 Å². The van der Waals surface area contributed by atoms with E-state index >= 15 is 0 Å². The molecule has 0 saturated carbocycles. The van der Waals surface area contributed by atoms with Crippen LogP contribution in [-0.4, -0.2) is 38.1 Å². The fourth-order valence-corrected chi connectivity index (χ4v) is 3.20. The molecule has 0 N–H and O–H groups in total. The van der Waals surface area contributed by atoms with E-state index in [1.165, 1.54) is 6.92 Å². The maximum absolute atomic E-state index is 12.5. The third-order valence-electron chi connectivity index (χ3n) is 4.64. The van der Waals surface area contributed by atoms with Gasteiger partial charge in [0.25, 0.3) is 11.8 Å². The fourth-order valence-electron chi connectivity index (χ4n) is 3.20. The summed E-state index contributed by atoms with van der Waals surface area (Å²) in [6.45, 7) is 3.40. The van der Waals surface area contributed by atoms with Crippen molar-refractivity contribution in [2.75, 3.05) is 0 Å². The number of imidazole rings is 1. The highest BCUT2D eigenvalue weighted by Gasteiger charge is 2.41. The molecule has 27 heavy (non-hydrogen) atoms. The van der Waals surface area contributed by atoms with Crippen molar-refractivity contribution in [3.8, 4) is 0 Å². The number of aromatic nitrogens is 2. The summed E-state index contributed by atoms with van der Waals surface area (Å²) in [7, 11) is 0. The molecule has 1 aliphatic heterocycles. The molecule has 1 aliphatic rings. The smallest absolute Gasteiger partial charge is 0.329 e. The molecule has 0 aliphatic carbocycles. The summed E-state index contributed by atoms with van der Waals surface area (Å²) >= 11 is 0. The standard InChI is InChI=1S/C20H17N3O4/c1-12-6-5-9-22-10-14(21-17(12)22)11-27-20(26)13(2)23-18(24)15-7-3-4-8-16(15)19(23)25/h3-10,13H,11H2,1-2H3/t13-/m1/s1. The van der Waals surface area contributed by atoms with Gasteiger partial charge in [0.05, 0.1) is 16.8 Å². The minimum atomic E-state index is -1.02. The molecule has 4 rings (SSSR count). The average Bonchev–Trinajstić information content (AvgIpc) is 3.20. The molecule has 7 nitrogen and oxygen atoms in total. The van der Waals surface area contributed by atoms with E-state index in [0.717, 1.165) is 16.1 Å². The van der Waals surface area contributed by atoms with Crippen LogP contribution < -0.4 is 0 Å². The minimum absolute atomic E-state index is 0.0343. The van der Waals surface area contributed by atoms with E-state index in [4.69, 9.17) is 4.74 Å². The van der Waals surface area contributed by atoms with Crippen molar-refractivity contribution in [3.63, 3.8) is 0 Å². The molecule has 136 valence electrons. The molecule has 0 unspecified atom stereocenters. The normalized spacial score (nSPS) is 14.5. The predicted molar refractivity (Wildman–Crippen MR) is 96.1 cm³/mol. The molecule has 0 saturated heterocycles. The lowest BCUT2D eigenvalue weighted by atomic mass is 10.1. The summed E-state index contributed by atoms with van der Waals surface area (Å²) in [6.07, 6.45) is 3.64. The first-order valence-electron chi connectivity index (χ1n) is 8.54. The third-order valence-corrected chi connectivity index (χ3v) is 4.64. The van der Waals surface area contributed by atoms with Gasteiger partial charge in [-0.1, -0.05) is 18.2 Å². The predicted octanol–water partition coefficient (Wildman–Crippen LogP) is 2.37. The first-order valence-corrected chi connectivity index (χ1v) is 8.54. The number of carbonyl (C=O) groups is 3. The van der Waals surface area contributed by atoms with Crippen molar-refractivity contribution >= 4 is 23.4 Å². The van der Waals surface area contributed by atoms with Gasteiger partial charge in [0.2, 0.25) is 0 Å². The monoisotopic (exact) mass is 363 g/mol. The van der Waals surface area contributed by atoms with Gasteiger partial charge in [0.15, 0.2) is 0 Å². The molecule has 1 aromatic carbocycles. The SMILES string of the molecule is Cc1cccn2cc(COC(=O)[C@@H](C)N3C(=O)c4ccccc4C3=O)nc12. The van der Waals surface area contributed by atoms with Crippen LogP contribution in [0.5, 0.6) is 0 Å². The van der Waals surface area contributed by atoms with Gasteiger partial charge in [-0.05, 0) is 37.6 Å². The topological polar surface area (TPSA) is 81.0 Å². The molecular formula is C20H17N3O4. The number of rotatable bonds is 4. The van der Waals surface area contributed by atoms with Gasteiger partial charge in [-0.2, -0.15) is 0 Å². The summed E-state index contributed by atoms with van der Waals surface area (Å²) in [4.78, 5) is 42.7. The van der Waals surface area contributed by atoms with Crippen molar-refractivity contribution < 1.29 is 19.1 Å². The van der Waals surface area contributed by atoms with Crippen LogP contribution in [0.4, 0.5) is 0 Å². The Morgan fingerprint density at radius 3 is 2.41 bits per heavy atom. The Morgan fingerprint density at radius 2 is 1.78 bits per heavy atom. The summed E-state index contributed by atoms with van der Waals surface area (Å²) < 4.78 is 7.16. The molecule has 2 aromatic heterocycles. The number of benzene rings is 1. The maximum atomic E-state index is 12.5. The van der Waals surface area contributed by atoms with Gasteiger partial charge >= 0.3 is 5.97 Å². The van der Waals surface area contributed by atoms with Crippen LogP contribution in [0.25, 0.3) is 5.65 Å². The Balaban J connectivity index is 1.47. The molecule has 3 aromatic rings. The highest BCUT2D eigenvalue weighted by atomic mass is 16.5. The second-order valence-electron chi connectivity index (χ2n) is 6.46. The number of carbonyl (C=O) groups excluding carboxylic acids is 3. The lowest BCUT2D eigenvalue weighted by Gasteiger charge is -2.20. The highest BCUT2D eigenvalue weighted by molar-refractivity contribution is 6.22. The summed E-state index contributed by atoms with van der Waals surface area (Å²) in [6, 6.07) is 9.35. The molecule has 1 atom stereocenters. The molecule has 3 heterocycles. The van der Waals surface area contributed by atoms with Crippen LogP contribution in [0.1, 0.15) is 38.9 Å². The van der Waals surface area contributed by atoms with Gasteiger partial charge in [0.1, 0.15) is 18.3 Å². The number of amides is 2. The molecule has 7 heteroatoms. The van der Waals surface area contributed by atoms with Crippen LogP contribution in [-0.2, 0) is 16.1 Å². The van der Waals surface area contributed by atoms with Crippen molar-refractivity contribution in [3.05, 3.63) is 71.2 Å². The van der Waals surface area contributed by atoms with Gasteiger partial charge < -0.3 is 9.14 Å². The number of ether oxygens (including phenoxy) is 1. The second-order valence-corrected chi connectivity index (χ2v) is 6.46. The summed E-state index contributed by atoms with van der Waals surface area (Å²) in [5.74, 6) is -1.62. The molecule has 2 amide bonds. The number of imide groups is 1. The number of hydrogen-bond donors (Lipinski definition) is 0. The number of esters is 1. The minimum Gasteiger partial charge on any atom is -0.458 e. The number of nitrogens with zero attached hydrogens (tertiary/aromatic N) is 3. The third kappa shape index (κ3) is 2.77. The Hall–Kier alpha value is -3.48. The summed E-state index contributed by atoms with van der Waals surface area (Å²) in [5.41, 5.74) is 2.99. The van der Waals surface area contributed by atoms with Gasteiger partial charge in [-0.25, -0.2) is 9.78 Å². The van der Waals surface area contributed by atoms with Gasteiger partial charge in [-0.3, -0.25) is 14.5 Å². The van der Waals surface area contributed by atoms with E-state index in [1.54, 1.807) is 30.5 Å². The quantitative estimate of drug-likeness (QED) is 0.525. The zero-order valence-corrected chi connectivity index (χ0v) is 14.9. The number of fused-ring (bicyclic) bond motifs is 2. The van der Waals surface area contributed by atoms with Gasteiger partial charge in [-0.15, -0.1) is 0 Å². The van der Waals surface area contributed by atoms with Crippen LogP contribution in [0.15, 0.2) is 48.8 Å². The van der Waals surface area contributed by atoms with E-state index in [-0.39, 0.29) is 6.61 Å². The van der Waals surface area contributed by atoms with Crippen LogP contribution in [0, 0.1) is 6.92 Å². The first kappa shape index (κ1) is 17.0. The fraction of sp³-hybridized carbons (Fsp3) is 0.200. The van der Waals surface area contributed by atoms with Crippen molar-refractivity contribution in [2.24, 2.45) is 0 Å². The Kier molecular flexibility index (Phi) is 3.99. The average molecular weight is 363 g/mol. The van der Waals surface area contributed by atoms with Crippen LogP contribution >= 0.6 is 0 Å². The number of aryl methyl sites for hydroxylation is 1. The van der Waals surface area contributed by atoms with Crippen molar-refractivity contribution in [1.82, 2.24) is 14.3 Å². The number of pyridine rings is 1. The Labute approximate surface area is 155 Å². The van der Waals surface area contributed by atoms with Crippen LogP contribution in [0.3, 0.4) is 0 Å². The molecule has 0 fully saturated rings. The van der Waals surface area contributed by atoms with E-state index in [9.17, 15) is 14.4 Å². The van der Waals surface area contributed by atoms with Gasteiger partial charge in [0, 0.05) is 12.4 Å². The maximum Gasteiger partial charge on any atom is 0.329 e. The molecular weight excluding hydrogens is 346 g/mol. The lowest BCUT2D eigenvalue weighted by molar-refractivity contribution is -0.149. The van der Waals surface area contributed by atoms with Crippen molar-refractivity contribution in [2.45, 2.75) is 26.5 Å². The molecule has 0 spiro atoms. The highest BCUT2D eigenvalue weighted by Crippen LogP contribution is 2.25. The zero-order chi connectivity index (χ0) is 19.1.